The molecule has 1 aliphatic carbocycles. The summed E-state index contributed by atoms with van der Waals surface area (Å²) >= 11 is 0. The van der Waals surface area contributed by atoms with Crippen LogP contribution in [0.15, 0.2) is 53.7 Å². The molecule has 2 aromatic carbocycles. The minimum atomic E-state index is -0.321. The van der Waals surface area contributed by atoms with Crippen molar-refractivity contribution in [2.24, 2.45) is 5.41 Å². The first-order chi connectivity index (χ1) is 13.7. The van der Waals surface area contributed by atoms with E-state index in [0.717, 1.165) is 28.1 Å². The molecule has 0 fully saturated rings. The van der Waals surface area contributed by atoms with E-state index in [4.69, 9.17) is 0 Å². The number of Topliss-reactive ketones (excluding diaryl/α,β-unsaturated/α-hetero) is 1. The number of ketones is 1. The summed E-state index contributed by atoms with van der Waals surface area (Å²) in [7, 11) is 0. The average Bonchev–Trinajstić information content (AvgIpc) is 2.63. The molecular formula is C25H26FNO2. The summed E-state index contributed by atoms with van der Waals surface area (Å²) < 4.78 is 13.4. The van der Waals surface area contributed by atoms with Crippen molar-refractivity contribution >= 4 is 17.4 Å². The Morgan fingerprint density at radius 1 is 0.966 bits per heavy atom. The van der Waals surface area contributed by atoms with Gasteiger partial charge in [-0.2, -0.15) is 0 Å². The Balaban J connectivity index is 1.89. The van der Waals surface area contributed by atoms with Gasteiger partial charge in [-0.05, 0) is 66.6 Å². The summed E-state index contributed by atoms with van der Waals surface area (Å²) in [4.78, 5) is 28.3. The molecule has 4 rings (SSSR count). The number of rotatable bonds is 2. The molecule has 1 aliphatic heterocycles. The van der Waals surface area contributed by atoms with Gasteiger partial charge in [-0.15, -0.1) is 0 Å². The zero-order chi connectivity index (χ0) is 20.9. The number of carbonyl (C=O) groups is 2. The number of nitrogens with zero attached hydrogens (tertiary/aromatic N) is 1. The lowest BCUT2D eigenvalue weighted by atomic mass is 9.69. The molecule has 1 atom stereocenters. The number of aryl methyl sites for hydroxylation is 2. The topological polar surface area (TPSA) is 37.4 Å². The van der Waals surface area contributed by atoms with E-state index in [1.807, 2.05) is 32.0 Å². The summed E-state index contributed by atoms with van der Waals surface area (Å²) in [6, 6.07) is 12.2. The second-order valence-electron chi connectivity index (χ2n) is 9.11. The fraction of sp³-hybridized carbons (Fsp3) is 0.360. The molecule has 1 heterocycles. The first kappa shape index (κ1) is 19.6. The van der Waals surface area contributed by atoms with Crippen molar-refractivity contribution in [1.82, 2.24) is 0 Å². The molecule has 1 amide bonds. The van der Waals surface area contributed by atoms with Gasteiger partial charge in [-0.25, -0.2) is 4.39 Å². The van der Waals surface area contributed by atoms with Crippen LogP contribution in [0, 0.1) is 25.1 Å². The van der Waals surface area contributed by atoms with Crippen LogP contribution in [0.4, 0.5) is 10.1 Å². The number of carbonyl (C=O) groups excluding carboxylic acids is 2. The van der Waals surface area contributed by atoms with Crippen molar-refractivity contribution in [2.75, 3.05) is 4.90 Å². The molecule has 0 bridgehead atoms. The van der Waals surface area contributed by atoms with Crippen LogP contribution in [0.5, 0.6) is 0 Å². The number of halogens is 1. The monoisotopic (exact) mass is 391 g/mol. The maximum absolute atomic E-state index is 13.4. The van der Waals surface area contributed by atoms with Gasteiger partial charge in [0, 0.05) is 35.7 Å². The van der Waals surface area contributed by atoms with Crippen LogP contribution in [-0.2, 0) is 9.59 Å². The number of benzene rings is 2. The zero-order valence-electron chi connectivity index (χ0n) is 17.4. The normalized spacial score (nSPS) is 21.4. The van der Waals surface area contributed by atoms with Gasteiger partial charge < -0.3 is 0 Å². The summed E-state index contributed by atoms with van der Waals surface area (Å²) in [5, 5.41) is 0. The van der Waals surface area contributed by atoms with Gasteiger partial charge in [0.1, 0.15) is 5.82 Å². The molecule has 0 N–H and O–H groups in total. The minimum Gasteiger partial charge on any atom is -0.294 e. The average molecular weight is 391 g/mol. The van der Waals surface area contributed by atoms with Crippen molar-refractivity contribution in [3.63, 3.8) is 0 Å². The van der Waals surface area contributed by atoms with E-state index in [2.05, 4.69) is 13.8 Å². The first-order valence-electron chi connectivity index (χ1n) is 10.1. The highest BCUT2D eigenvalue weighted by atomic mass is 19.1. The predicted molar refractivity (Wildman–Crippen MR) is 112 cm³/mol. The Bertz CT molecular complexity index is 1030. The maximum atomic E-state index is 13.4. The molecule has 2 aliphatic rings. The summed E-state index contributed by atoms with van der Waals surface area (Å²) in [6.07, 6.45) is 1.33. The number of hydrogen-bond acceptors (Lipinski definition) is 2. The van der Waals surface area contributed by atoms with Crippen LogP contribution in [0.25, 0.3) is 0 Å². The summed E-state index contributed by atoms with van der Waals surface area (Å²) in [6.45, 7) is 8.21. The Hall–Kier alpha value is -2.75. The Kier molecular flexibility index (Phi) is 4.68. The number of amides is 1. The Labute approximate surface area is 171 Å². The van der Waals surface area contributed by atoms with E-state index in [-0.39, 0.29) is 35.3 Å². The van der Waals surface area contributed by atoms with Crippen molar-refractivity contribution in [2.45, 2.75) is 52.9 Å². The predicted octanol–water partition coefficient (Wildman–Crippen LogP) is 5.61. The largest absolute Gasteiger partial charge is 0.294 e. The van der Waals surface area contributed by atoms with Crippen LogP contribution in [0.2, 0.25) is 0 Å². The highest BCUT2D eigenvalue weighted by Gasteiger charge is 2.44. The van der Waals surface area contributed by atoms with Crippen LogP contribution < -0.4 is 4.90 Å². The maximum Gasteiger partial charge on any atom is 0.232 e. The van der Waals surface area contributed by atoms with Crippen molar-refractivity contribution in [3.8, 4) is 0 Å². The van der Waals surface area contributed by atoms with E-state index >= 15 is 0 Å². The third kappa shape index (κ3) is 3.52. The molecule has 0 aromatic heterocycles. The SMILES string of the molecule is Cc1ccc(N2C(=O)CC(c3ccc(F)cc3)C3=C2CC(C)(C)CC3=O)cc1C. The molecule has 150 valence electrons. The number of allylic oxidation sites excluding steroid dienone is 2. The van der Waals surface area contributed by atoms with Crippen LogP contribution in [0.3, 0.4) is 0 Å². The molecule has 0 spiro atoms. The number of anilines is 1. The van der Waals surface area contributed by atoms with E-state index in [1.165, 1.54) is 12.1 Å². The highest BCUT2D eigenvalue weighted by Crippen LogP contribution is 2.48. The highest BCUT2D eigenvalue weighted by molar-refractivity contribution is 6.07. The fourth-order valence-electron chi connectivity index (χ4n) is 4.56. The third-order valence-electron chi connectivity index (χ3n) is 6.16. The van der Waals surface area contributed by atoms with Crippen molar-refractivity contribution in [3.05, 3.63) is 76.2 Å². The van der Waals surface area contributed by atoms with Gasteiger partial charge in [-0.1, -0.05) is 32.0 Å². The summed E-state index contributed by atoms with van der Waals surface area (Å²) in [5.74, 6) is -0.568. The van der Waals surface area contributed by atoms with Crippen LogP contribution >= 0.6 is 0 Å². The molecule has 4 heteroatoms. The number of hydrogen-bond donors (Lipinski definition) is 0. The van der Waals surface area contributed by atoms with E-state index in [0.29, 0.717) is 18.4 Å². The molecular weight excluding hydrogens is 365 g/mol. The fourth-order valence-corrected chi connectivity index (χ4v) is 4.56. The second kappa shape index (κ2) is 6.94. The van der Waals surface area contributed by atoms with E-state index < -0.39 is 0 Å². The molecule has 1 unspecified atom stereocenters. The second-order valence-corrected chi connectivity index (χ2v) is 9.11. The molecule has 0 saturated heterocycles. The van der Waals surface area contributed by atoms with Crippen LogP contribution in [0.1, 0.15) is 55.7 Å². The lowest BCUT2D eigenvalue weighted by Gasteiger charge is -2.43. The Morgan fingerprint density at radius 2 is 1.66 bits per heavy atom. The van der Waals surface area contributed by atoms with Gasteiger partial charge in [0.2, 0.25) is 5.91 Å². The summed E-state index contributed by atoms with van der Waals surface area (Å²) in [5.41, 5.74) is 5.22. The Morgan fingerprint density at radius 3 is 2.31 bits per heavy atom. The van der Waals surface area contributed by atoms with E-state index in [9.17, 15) is 14.0 Å². The van der Waals surface area contributed by atoms with Gasteiger partial charge >= 0.3 is 0 Å². The smallest absolute Gasteiger partial charge is 0.232 e. The molecule has 0 saturated carbocycles. The standard InChI is InChI=1S/C25H26FNO2/c1-15-5-10-19(11-16(15)2)27-21-13-25(3,4)14-22(28)24(21)20(12-23(27)29)17-6-8-18(26)9-7-17/h5-11,20H,12-14H2,1-4H3. The minimum absolute atomic E-state index is 0.0215. The molecule has 2 aromatic rings. The van der Waals surface area contributed by atoms with E-state index in [1.54, 1.807) is 17.0 Å². The quantitative estimate of drug-likeness (QED) is 0.668. The third-order valence-corrected chi connectivity index (χ3v) is 6.16. The zero-order valence-corrected chi connectivity index (χ0v) is 17.4. The lowest BCUT2D eigenvalue weighted by molar-refractivity contribution is -0.121. The van der Waals surface area contributed by atoms with Gasteiger partial charge in [0.15, 0.2) is 5.78 Å². The molecule has 29 heavy (non-hydrogen) atoms. The van der Waals surface area contributed by atoms with Gasteiger partial charge in [0.25, 0.3) is 0 Å². The lowest BCUT2D eigenvalue weighted by Crippen LogP contribution is -2.43. The molecule has 0 radical (unpaired) electrons. The van der Waals surface area contributed by atoms with Crippen molar-refractivity contribution in [1.29, 1.82) is 0 Å². The van der Waals surface area contributed by atoms with Gasteiger partial charge in [0.05, 0.1) is 0 Å². The first-order valence-corrected chi connectivity index (χ1v) is 10.1. The van der Waals surface area contributed by atoms with Gasteiger partial charge in [-0.3, -0.25) is 14.5 Å². The molecule has 3 nitrogen and oxygen atoms in total. The van der Waals surface area contributed by atoms with Crippen molar-refractivity contribution < 1.29 is 14.0 Å². The van der Waals surface area contributed by atoms with Crippen LogP contribution in [-0.4, -0.2) is 11.7 Å².